The van der Waals surface area contributed by atoms with Gasteiger partial charge in [-0.05, 0) is 23.8 Å². The maximum absolute atomic E-state index is 6.10. The molecule has 18 heavy (non-hydrogen) atoms. The van der Waals surface area contributed by atoms with Crippen molar-refractivity contribution in [2.75, 3.05) is 0 Å². The van der Waals surface area contributed by atoms with Crippen LogP contribution in [0.1, 0.15) is 11.1 Å². The van der Waals surface area contributed by atoms with E-state index >= 15 is 0 Å². The molecule has 0 unspecified atom stereocenters. The smallest absolute Gasteiger partial charge is 0.142 e. The summed E-state index contributed by atoms with van der Waals surface area (Å²) in [5.41, 5.74) is 1.87. The molecule has 0 radical (unpaired) electrons. The highest BCUT2D eigenvalue weighted by atomic mass is 35.5. The summed E-state index contributed by atoms with van der Waals surface area (Å²) in [6.07, 6.45) is 0. The number of alkyl halides is 1. The van der Waals surface area contributed by atoms with Crippen molar-refractivity contribution in [2.45, 2.75) is 12.5 Å². The largest absolute Gasteiger partial charge is 0.487 e. The van der Waals surface area contributed by atoms with Gasteiger partial charge >= 0.3 is 0 Å². The molecule has 0 aliphatic rings. The summed E-state index contributed by atoms with van der Waals surface area (Å²) in [5, 5.41) is 1.25. The van der Waals surface area contributed by atoms with Crippen LogP contribution in [0.5, 0.6) is 5.75 Å². The topological polar surface area (TPSA) is 9.23 Å². The van der Waals surface area contributed by atoms with E-state index in [1.165, 1.54) is 0 Å². The van der Waals surface area contributed by atoms with Crippen LogP contribution in [0.3, 0.4) is 0 Å². The fraction of sp³-hybridized carbons (Fsp3) is 0.143. The molecule has 2 rings (SSSR count). The van der Waals surface area contributed by atoms with E-state index in [4.69, 9.17) is 39.5 Å². The SMILES string of the molecule is ClCc1cccc(Cl)c1OCc1cccc(Cl)c1. The summed E-state index contributed by atoms with van der Waals surface area (Å²) < 4.78 is 5.72. The van der Waals surface area contributed by atoms with E-state index in [9.17, 15) is 0 Å². The Balaban J connectivity index is 2.15. The average molecular weight is 302 g/mol. The van der Waals surface area contributed by atoms with Crippen LogP contribution in [0.2, 0.25) is 10.0 Å². The summed E-state index contributed by atoms with van der Waals surface area (Å²) >= 11 is 17.9. The first-order valence-electron chi connectivity index (χ1n) is 5.41. The summed E-state index contributed by atoms with van der Waals surface area (Å²) in [6, 6.07) is 13.0. The van der Waals surface area contributed by atoms with Crippen LogP contribution in [0.15, 0.2) is 42.5 Å². The van der Waals surface area contributed by atoms with Gasteiger partial charge in [0.1, 0.15) is 12.4 Å². The minimum Gasteiger partial charge on any atom is -0.487 e. The number of para-hydroxylation sites is 1. The lowest BCUT2D eigenvalue weighted by Gasteiger charge is -2.11. The molecular formula is C14H11Cl3O. The second-order valence-corrected chi connectivity index (χ2v) is 4.89. The monoisotopic (exact) mass is 300 g/mol. The van der Waals surface area contributed by atoms with Crippen molar-refractivity contribution >= 4 is 34.8 Å². The fourth-order valence-electron chi connectivity index (χ4n) is 1.60. The van der Waals surface area contributed by atoms with E-state index in [-0.39, 0.29) is 0 Å². The van der Waals surface area contributed by atoms with Gasteiger partial charge in [-0.3, -0.25) is 0 Å². The molecule has 2 aromatic carbocycles. The highest BCUT2D eigenvalue weighted by Gasteiger charge is 2.07. The van der Waals surface area contributed by atoms with Crippen molar-refractivity contribution < 1.29 is 4.74 Å². The number of halogens is 3. The average Bonchev–Trinajstić information content (AvgIpc) is 2.37. The molecule has 2 aromatic rings. The van der Waals surface area contributed by atoms with E-state index in [1.54, 1.807) is 6.07 Å². The molecule has 1 nitrogen and oxygen atoms in total. The van der Waals surface area contributed by atoms with Crippen LogP contribution in [0.4, 0.5) is 0 Å². The molecular weight excluding hydrogens is 291 g/mol. The van der Waals surface area contributed by atoms with Crippen molar-refractivity contribution in [3.05, 3.63) is 63.6 Å². The Morgan fingerprint density at radius 1 is 1.00 bits per heavy atom. The van der Waals surface area contributed by atoms with Crippen molar-refractivity contribution in [1.29, 1.82) is 0 Å². The third-order valence-corrected chi connectivity index (χ3v) is 3.29. The molecule has 4 heteroatoms. The molecule has 0 aliphatic heterocycles. The van der Waals surface area contributed by atoms with Crippen LogP contribution >= 0.6 is 34.8 Å². The molecule has 0 saturated carbocycles. The number of ether oxygens (including phenoxy) is 1. The van der Waals surface area contributed by atoms with E-state index in [1.807, 2.05) is 36.4 Å². The third kappa shape index (κ3) is 3.32. The molecule has 0 aliphatic carbocycles. The Hall–Kier alpha value is -0.890. The second kappa shape index (κ2) is 6.33. The van der Waals surface area contributed by atoms with Crippen molar-refractivity contribution in [3.63, 3.8) is 0 Å². The molecule has 0 bridgehead atoms. The van der Waals surface area contributed by atoms with Crippen molar-refractivity contribution in [1.82, 2.24) is 0 Å². The molecule has 94 valence electrons. The van der Waals surface area contributed by atoms with Crippen molar-refractivity contribution in [2.24, 2.45) is 0 Å². The maximum atomic E-state index is 6.10. The second-order valence-electron chi connectivity index (χ2n) is 3.78. The Morgan fingerprint density at radius 2 is 1.78 bits per heavy atom. The standard InChI is InChI=1S/C14H11Cl3O/c15-8-11-4-2-6-13(17)14(11)18-9-10-3-1-5-12(16)7-10/h1-7H,8-9H2. The predicted molar refractivity (Wildman–Crippen MR) is 76.8 cm³/mol. The van der Waals surface area contributed by atoms with Crippen LogP contribution in [-0.2, 0) is 12.5 Å². The Bertz CT molecular complexity index is 540. The number of hydrogen-bond donors (Lipinski definition) is 0. The molecule has 0 N–H and O–H groups in total. The van der Waals surface area contributed by atoms with E-state index < -0.39 is 0 Å². The third-order valence-electron chi connectivity index (χ3n) is 2.46. The molecule has 0 fully saturated rings. The van der Waals surface area contributed by atoms with Gasteiger partial charge in [0.05, 0.1) is 10.9 Å². The number of benzene rings is 2. The van der Waals surface area contributed by atoms with Crippen LogP contribution in [0.25, 0.3) is 0 Å². The minimum atomic E-state index is 0.367. The van der Waals surface area contributed by atoms with Crippen molar-refractivity contribution in [3.8, 4) is 5.75 Å². The van der Waals surface area contributed by atoms with E-state index in [0.717, 1.165) is 11.1 Å². The summed E-state index contributed by atoms with van der Waals surface area (Å²) in [7, 11) is 0. The number of rotatable bonds is 4. The first-order chi connectivity index (χ1) is 8.70. The lowest BCUT2D eigenvalue weighted by atomic mass is 10.2. The quantitative estimate of drug-likeness (QED) is 0.695. The van der Waals surface area contributed by atoms with Gasteiger partial charge in [0.25, 0.3) is 0 Å². The zero-order valence-corrected chi connectivity index (χ0v) is 11.8. The molecule has 0 aromatic heterocycles. The van der Waals surface area contributed by atoms with Gasteiger partial charge in [-0.2, -0.15) is 0 Å². The minimum absolute atomic E-state index is 0.367. The maximum Gasteiger partial charge on any atom is 0.142 e. The zero-order valence-electron chi connectivity index (χ0n) is 9.50. The zero-order chi connectivity index (χ0) is 13.0. The lowest BCUT2D eigenvalue weighted by Crippen LogP contribution is -1.98. The van der Waals surface area contributed by atoms with Gasteiger partial charge in [-0.1, -0.05) is 47.5 Å². The Kier molecular flexibility index (Phi) is 4.76. The Labute approximate surface area is 121 Å². The lowest BCUT2D eigenvalue weighted by molar-refractivity contribution is 0.304. The molecule has 0 spiro atoms. The van der Waals surface area contributed by atoms with Gasteiger partial charge < -0.3 is 4.74 Å². The summed E-state index contributed by atoms with van der Waals surface area (Å²) in [4.78, 5) is 0. The van der Waals surface area contributed by atoms with Crippen LogP contribution < -0.4 is 4.74 Å². The van der Waals surface area contributed by atoms with E-state index in [0.29, 0.717) is 28.3 Å². The normalized spacial score (nSPS) is 10.4. The molecule has 0 atom stereocenters. The van der Waals surface area contributed by atoms with Gasteiger partial charge in [-0.25, -0.2) is 0 Å². The summed E-state index contributed by atoms with van der Waals surface area (Å²) in [6.45, 7) is 0.411. The molecule has 0 amide bonds. The van der Waals surface area contributed by atoms with Crippen LogP contribution in [0, 0.1) is 0 Å². The first-order valence-corrected chi connectivity index (χ1v) is 6.70. The van der Waals surface area contributed by atoms with Gasteiger partial charge in [0, 0.05) is 10.6 Å². The fourth-order valence-corrected chi connectivity index (χ4v) is 2.27. The van der Waals surface area contributed by atoms with Gasteiger partial charge in [-0.15, -0.1) is 11.6 Å². The van der Waals surface area contributed by atoms with Gasteiger partial charge in [0.15, 0.2) is 0 Å². The van der Waals surface area contributed by atoms with Crippen LogP contribution in [-0.4, -0.2) is 0 Å². The molecule has 0 heterocycles. The van der Waals surface area contributed by atoms with E-state index in [2.05, 4.69) is 0 Å². The summed E-state index contributed by atoms with van der Waals surface area (Å²) in [5.74, 6) is 1.000. The highest BCUT2D eigenvalue weighted by Crippen LogP contribution is 2.30. The van der Waals surface area contributed by atoms with Gasteiger partial charge in [0.2, 0.25) is 0 Å². The molecule has 0 saturated heterocycles. The first kappa shape index (κ1) is 13.5. The predicted octanol–water partition coefficient (Wildman–Crippen LogP) is 5.31. The number of hydrogen-bond acceptors (Lipinski definition) is 1. The highest BCUT2D eigenvalue weighted by molar-refractivity contribution is 6.32. The Morgan fingerprint density at radius 3 is 2.50 bits per heavy atom.